The van der Waals surface area contributed by atoms with Crippen LogP contribution in [-0.2, 0) is 29.1 Å². The number of hydrogen-bond acceptors (Lipinski definition) is 5. The molecule has 228 valence electrons. The highest BCUT2D eigenvalue weighted by atomic mass is 35.5. The lowest BCUT2D eigenvalue weighted by Crippen LogP contribution is -2.58. The fourth-order valence-electron chi connectivity index (χ4n) is 5.90. The van der Waals surface area contributed by atoms with Gasteiger partial charge in [-0.1, -0.05) is 54.1 Å². The Hall–Kier alpha value is -3.46. The maximum absolute atomic E-state index is 13.3. The number of amides is 2. The van der Waals surface area contributed by atoms with Gasteiger partial charge in [0, 0.05) is 75.0 Å². The molecule has 5 rings (SSSR count). The third kappa shape index (κ3) is 8.34. The van der Waals surface area contributed by atoms with E-state index in [1.807, 2.05) is 64.4 Å². The second-order valence-electron chi connectivity index (χ2n) is 11.7. The van der Waals surface area contributed by atoms with Gasteiger partial charge in [0.2, 0.25) is 5.91 Å². The molecule has 0 N–H and O–H groups in total. The molecule has 2 aliphatic heterocycles. The minimum absolute atomic E-state index is 0.0262. The van der Waals surface area contributed by atoms with Crippen LogP contribution >= 0.6 is 11.6 Å². The Morgan fingerprint density at radius 3 is 2.28 bits per heavy atom. The smallest absolute Gasteiger partial charge is 0.260 e. The monoisotopic (exact) mass is 606 g/mol. The fraction of sp³-hybridized carbons (Fsp3) is 0.412. The number of carbonyl (C=O) groups excluding carboxylic acids is 2. The zero-order valence-electron chi connectivity index (χ0n) is 24.9. The van der Waals surface area contributed by atoms with Crippen molar-refractivity contribution in [2.45, 2.75) is 45.4 Å². The van der Waals surface area contributed by atoms with Gasteiger partial charge in [0.1, 0.15) is 11.6 Å². The highest BCUT2D eigenvalue weighted by molar-refractivity contribution is 6.30. The summed E-state index contributed by atoms with van der Waals surface area (Å²) in [6, 6.07) is 22.1. The average molecular weight is 607 g/mol. The summed E-state index contributed by atoms with van der Waals surface area (Å²) in [7, 11) is 0. The molecular formula is C34H40ClFN4O3. The molecule has 0 saturated carbocycles. The van der Waals surface area contributed by atoms with Crippen molar-refractivity contribution in [2.24, 2.45) is 0 Å². The van der Waals surface area contributed by atoms with E-state index in [4.69, 9.17) is 16.3 Å². The summed E-state index contributed by atoms with van der Waals surface area (Å²) < 4.78 is 19.4. The SMILES string of the molecule is C[C@@H]1CN(C(=O)COc2ccc(Cl)cc2CN2CCN(C(=O)Cc3ccccc3)CC2)[C@@H](C)CN1Cc1ccc(F)cc1. The predicted octanol–water partition coefficient (Wildman–Crippen LogP) is 4.87. The fourth-order valence-corrected chi connectivity index (χ4v) is 6.10. The molecule has 0 radical (unpaired) electrons. The van der Waals surface area contributed by atoms with E-state index in [-0.39, 0.29) is 36.3 Å². The number of rotatable bonds is 9. The van der Waals surface area contributed by atoms with Gasteiger partial charge in [-0.3, -0.25) is 19.4 Å². The van der Waals surface area contributed by atoms with E-state index in [2.05, 4.69) is 23.6 Å². The van der Waals surface area contributed by atoms with Crippen LogP contribution in [0.15, 0.2) is 72.8 Å². The number of benzene rings is 3. The van der Waals surface area contributed by atoms with E-state index < -0.39 is 0 Å². The normalized spacial score (nSPS) is 19.8. The zero-order valence-corrected chi connectivity index (χ0v) is 25.7. The molecule has 2 aliphatic rings. The molecule has 43 heavy (non-hydrogen) atoms. The molecule has 2 amide bonds. The van der Waals surface area contributed by atoms with Crippen molar-refractivity contribution in [1.29, 1.82) is 0 Å². The van der Waals surface area contributed by atoms with Gasteiger partial charge in [0.25, 0.3) is 5.91 Å². The summed E-state index contributed by atoms with van der Waals surface area (Å²) in [5, 5.41) is 0.616. The van der Waals surface area contributed by atoms with Gasteiger partial charge in [-0.25, -0.2) is 4.39 Å². The van der Waals surface area contributed by atoms with Gasteiger partial charge in [0.15, 0.2) is 6.61 Å². The van der Waals surface area contributed by atoms with Gasteiger partial charge in [-0.2, -0.15) is 0 Å². The topological polar surface area (TPSA) is 56.3 Å². The van der Waals surface area contributed by atoms with Crippen LogP contribution in [0.2, 0.25) is 5.02 Å². The molecule has 7 nitrogen and oxygen atoms in total. The third-order valence-corrected chi connectivity index (χ3v) is 8.66. The molecule has 0 unspecified atom stereocenters. The number of halogens is 2. The van der Waals surface area contributed by atoms with Gasteiger partial charge in [0.05, 0.1) is 6.42 Å². The molecule has 2 saturated heterocycles. The number of piperazine rings is 2. The number of hydrogen-bond donors (Lipinski definition) is 0. The van der Waals surface area contributed by atoms with Gasteiger partial charge < -0.3 is 14.5 Å². The van der Waals surface area contributed by atoms with Crippen molar-refractivity contribution in [2.75, 3.05) is 45.9 Å². The summed E-state index contributed by atoms with van der Waals surface area (Å²) in [4.78, 5) is 34.5. The standard InChI is InChI=1S/C34H40ClFN4O3/c1-25-21-40(26(2)20-39(25)22-28-8-11-31(36)12-9-28)34(42)24-43-32-13-10-30(35)19-29(32)23-37-14-16-38(17-15-37)33(41)18-27-6-4-3-5-7-27/h3-13,19,25-26H,14-18,20-24H2,1-2H3/t25-,26+/m1/s1. The van der Waals surface area contributed by atoms with Crippen molar-refractivity contribution >= 4 is 23.4 Å². The molecule has 9 heteroatoms. The quantitative estimate of drug-likeness (QED) is 0.348. The van der Waals surface area contributed by atoms with E-state index in [1.54, 1.807) is 6.07 Å². The lowest BCUT2D eigenvalue weighted by Gasteiger charge is -2.44. The second-order valence-corrected chi connectivity index (χ2v) is 12.1. The summed E-state index contributed by atoms with van der Waals surface area (Å²) in [5.74, 6) is 0.511. The van der Waals surface area contributed by atoms with Crippen LogP contribution < -0.4 is 4.74 Å². The van der Waals surface area contributed by atoms with Crippen LogP contribution in [0.4, 0.5) is 4.39 Å². The minimum atomic E-state index is -0.238. The Morgan fingerprint density at radius 2 is 1.56 bits per heavy atom. The van der Waals surface area contributed by atoms with E-state index in [0.29, 0.717) is 49.9 Å². The van der Waals surface area contributed by atoms with Crippen molar-refractivity contribution in [3.8, 4) is 5.75 Å². The highest BCUT2D eigenvalue weighted by Gasteiger charge is 2.32. The molecule has 0 aliphatic carbocycles. The summed E-state index contributed by atoms with van der Waals surface area (Å²) in [5.41, 5.74) is 3.01. The van der Waals surface area contributed by atoms with Gasteiger partial charge in [-0.05, 0) is 55.3 Å². The molecule has 3 aromatic rings. The first-order valence-electron chi connectivity index (χ1n) is 15.0. The highest BCUT2D eigenvalue weighted by Crippen LogP contribution is 2.26. The van der Waals surface area contributed by atoms with Crippen LogP contribution in [0.3, 0.4) is 0 Å². The Kier molecular flexibility index (Phi) is 10.3. The maximum atomic E-state index is 13.3. The molecule has 2 atom stereocenters. The van der Waals surface area contributed by atoms with Gasteiger partial charge >= 0.3 is 0 Å². The Labute approximate surface area is 258 Å². The minimum Gasteiger partial charge on any atom is -0.483 e. The Balaban J connectivity index is 1.12. The van der Waals surface area contributed by atoms with Gasteiger partial charge in [-0.15, -0.1) is 0 Å². The average Bonchev–Trinajstić information content (AvgIpc) is 3.00. The lowest BCUT2D eigenvalue weighted by molar-refractivity contribution is -0.139. The van der Waals surface area contributed by atoms with Crippen molar-refractivity contribution in [3.63, 3.8) is 0 Å². The first-order valence-corrected chi connectivity index (χ1v) is 15.4. The van der Waals surface area contributed by atoms with Crippen molar-refractivity contribution in [1.82, 2.24) is 19.6 Å². The number of carbonyl (C=O) groups is 2. The van der Waals surface area contributed by atoms with Crippen LogP contribution in [0.5, 0.6) is 5.75 Å². The van der Waals surface area contributed by atoms with Crippen LogP contribution in [-0.4, -0.2) is 89.4 Å². The molecule has 0 bridgehead atoms. The second kappa shape index (κ2) is 14.3. The molecule has 3 aromatic carbocycles. The summed E-state index contributed by atoms with van der Waals surface area (Å²) >= 11 is 6.35. The number of nitrogens with zero attached hydrogens (tertiary/aromatic N) is 4. The van der Waals surface area contributed by atoms with Crippen LogP contribution in [0.1, 0.15) is 30.5 Å². The van der Waals surface area contributed by atoms with Crippen LogP contribution in [0, 0.1) is 5.82 Å². The van der Waals surface area contributed by atoms with E-state index in [9.17, 15) is 14.0 Å². The van der Waals surface area contributed by atoms with E-state index >= 15 is 0 Å². The third-order valence-electron chi connectivity index (χ3n) is 8.43. The molecule has 0 spiro atoms. The zero-order chi connectivity index (χ0) is 30.3. The number of ether oxygens (including phenoxy) is 1. The predicted molar refractivity (Wildman–Crippen MR) is 166 cm³/mol. The van der Waals surface area contributed by atoms with Crippen molar-refractivity contribution < 1.29 is 18.7 Å². The Morgan fingerprint density at radius 1 is 0.837 bits per heavy atom. The first kappa shape index (κ1) is 31.0. The van der Waals surface area contributed by atoms with E-state index in [0.717, 1.165) is 36.3 Å². The molecular weight excluding hydrogens is 567 g/mol. The first-order chi connectivity index (χ1) is 20.7. The summed E-state index contributed by atoms with van der Waals surface area (Å²) in [6.07, 6.45) is 0.418. The largest absolute Gasteiger partial charge is 0.483 e. The maximum Gasteiger partial charge on any atom is 0.260 e. The van der Waals surface area contributed by atoms with Crippen LogP contribution in [0.25, 0.3) is 0 Å². The van der Waals surface area contributed by atoms with E-state index in [1.165, 1.54) is 12.1 Å². The summed E-state index contributed by atoms with van der Waals surface area (Å²) in [6.45, 7) is 9.64. The molecule has 2 heterocycles. The lowest BCUT2D eigenvalue weighted by atomic mass is 10.1. The van der Waals surface area contributed by atoms with Crippen molar-refractivity contribution in [3.05, 3.63) is 100 Å². The molecule has 2 fully saturated rings. The molecule has 0 aromatic heterocycles. The Bertz CT molecular complexity index is 1380.